The third kappa shape index (κ3) is 4.20. The minimum Gasteiger partial charge on any atom is -0.379 e. The van der Waals surface area contributed by atoms with Gasteiger partial charge in [-0.3, -0.25) is 4.79 Å². The van der Waals surface area contributed by atoms with Gasteiger partial charge in [-0.05, 0) is 42.2 Å². The van der Waals surface area contributed by atoms with Gasteiger partial charge in [0.1, 0.15) is 10.6 Å². The Morgan fingerprint density at radius 3 is 1.87 bits per heavy atom. The van der Waals surface area contributed by atoms with Gasteiger partial charge >= 0.3 is 10.1 Å². The number of hydrogen-bond acceptors (Lipinski definition) is 4. The van der Waals surface area contributed by atoms with Crippen LogP contribution in [0.25, 0.3) is 0 Å². The van der Waals surface area contributed by atoms with Gasteiger partial charge < -0.3 is 4.18 Å². The van der Waals surface area contributed by atoms with E-state index in [1.54, 1.807) is 12.1 Å². The van der Waals surface area contributed by atoms with Crippen LogP contribution < -0.4 is 4.18 Å². The highest BCUT2D eigenvalue weighted by molar-refractivity contribution is 7.87. The van der Waals surface area contributed by atoms with Gasteiger partial charge in [-0.2, -0.15) is 8.42 Å². The maximum absolute atomic E-state index is 12.3. The summed E-state index contributed by atoms with van der Waals surface area (Å²) in [5.41, 5.74) is 1.53. The summed E-state index contributed by atoms with van der Waals surface area (Å²) in [5, 5.41) is 0. The fourth-order valence-corrected chi connectivity index (χ4v) is 2.97. The molecule has 0 fully saturated rings. The van der Waals surface area contributed by atoms with Crippen LogP contribution in [0.2, 0.25) is 0 Å². The summed E-state index contributed by atoms with van der Waals surface area (Å²) in [6.07, 6.45) is 0. The third-order valence-corrected chi connectivity index (χ3v) is 4.74. The van der Waals surface area contributed by atoms with Gasteiger partial charge in [0.05, 0.1) is 0 Å². The minimum absolute atomic E-state index is 0.0140. The van der Waals surface area contributed by atoms with Gasteiger partial charge in [0.2, 0.25) is 0 Å². The zero-order valence-electron chi connectivity index (χ0n) is 13.7. The monoisotopic (exact) mass is 332 g/mol. The Morgan fingerprint density at radius 1 is 0.913 bits per heavy atom. The molecule has 2 aromatic carbocycles. The van der Waals surface area contributed by atoms with Crippen LogP contribution in [0.5, 0.6) is 5.75 Å². The van der Waals surface area contributed by atoms with E-state index in [1.165, 1.54) is 31.2 Å². The predicted octanol–water partition coefficient (Wildman–Crippen LogP) is 3.95. The Hall–Kier alpha value is -2.14. The molecule has 0 unspecified atom stereocenters. The van der Waals surface area contributed by atoms with Crippen LogP contribution in [0, 0.1) is 0 Å². The molecule has 5 heteroatoms. The van der Waals surface area contributed by atoms with Crippen molar-refractivity contribution >= 4 is 15.9 Å². The van der Waals surface area contributed by atoms with Crippen LogP contribution in [-0.2, 0) is 15.5 Å². The number of Topliss-reactive ketones (excluding diaryl/α,β-unsaturated/α-hetero) is 1. The molecule has 0 amide bonds. The lowest BCUT2D eigenvalue weighted by Gasteiger charge is -2.19. The maximum Gasteiger partial charge on any atom is 0.339 e. The zero-order chi connectivity index (χ0) is 17.3. The van der Waals surface area contributed by atoms with E-state index >= 15 is 0 Å². The highest BCUT2D eigenvalue weighted by Crippen LogP contribution is 2.26. The van der Waals surface area contributed by atoms with Crippen molar-refractivity contribution in [1.29, 1.82) is 0 Å². The van der Waals surface area contributed by atoms with Crippen molar-refractivity contribution in [2.75, 3.05) is 0 Å². The lowest BCUT2D eigenvalue weighted by atomic mass is 9.87. The third-order valence-electron chi connectivity index (χ3n) is 3.48. The Labute approximate surface area is 137 Å². The van der Waals surface area contributed by atoms with Crippen LogP contribution in [-0.4, -0.2) is 14.2 Å². The van der Waals surface area contributed by atoms with Crippen molar-refractivity contribution in [3.63, 3.8) is 0 Å². The van der Waals surface area contributed by atoms with Gasteiger partial charge in [0.25, 0.3) is 0 Å². The first-order valence-electron chi connectivity index (χ1n) is 7.26. The van der Waals surface area contributed by atoms with Crippen LogP contribution in [0.3, 0.4) is 0 Å². The highest BCUT2D eigenvalue weighted by atomic mass is 32.2. The predicted molar refractivity (Wildman–Crippen MR) is 89.4 cm³/mol. The van der Waals surface area contributed by atoms with E-state index in [1.807, 2.05) is 12.1 Å². The van der Waals surface area contributed by atoms with Gasteiger partial charge in [-0.1, -0.05) is 45.0 Å². The lowest BCUT2D eigenvalue weighted by Crippen LogP contribution is -2.12. The Balaban J connectivity index is 2.22. The molecular weight excluding hydrogens is 312 g/mol. The standard InChI is InChI=1S/C18H20O4S/c1-13(19)14-5-11-17(12-6-14)23(20,21)22-16-9-7-15(8-10-16)18(2,3)4/h5-12H,1-4H3. The second kappa shape index (κ2) is 6.16. The van der Waals surface area contributed by atoms with Gasteiger partial charge in [0, 0.05) is 5.56 Å². The van der Waals surface area contributed by atoms with E-state index in [9.17, 15) is 13.2 Å². The Bertz CT molecular complexity index is 796. The van der Waals surface area contributed by atoms with E-state index < -0.39 is 10.1 Å². The number of benzene rings is 2. The highest BCUT2D eigenvalue weighted by Gasteiger charge is 2.18. The molecule has 0 N–H and O–H groups in total. The molecule has 2 rings (SSSR count). The van der Waals surface area contributed by atoms with E-state index in [0.29, 0.717) is 5.56 Å². The molecule has 0 radical (unpaired) electrons. The van der Waals surface area contributed by atoms with Crippen molar-refractivity contribution in [1.82, 2.24) is 0 Å². The van der Waals surface area contributed by atoms with E-state index in [0.717, 1.165) is 5.56 Å². The Morgan fingerprint density at radius 2 is 1.43 bits per heavy atom. The molecule has 0 aliphatic carbocycles. The minimum atomic E-state index is -3.92. The number of hydrogen-bond donors (Lipinski definition) is 0. The molecule has 0 aliphatic heterocycles. The maximum atomic E-state index is 12.3. The lowest BCUT2D eigenvalue weighted by molar-refractivity contribution is 0.101. The van der Waals surface area contributed by atoms with Gasteiger partial charge in [-0.15, -0.1) is 0 Å². The first kappa shape index (κ1) is 17.2. The van der Waals surface area contributed by atoms with Crippen molar-refractivity contribution in [3.05, 3.63) is 59.7 Å². The summed E-state index contributed by atoms with van der Waals surface area (Å²) < 4.78 is 29.7. The summed E-state index contributed by atoms with van der Waals surface area (Å²) in [4.78, 5) is 11.2. The van der Waals surface area contributed by atoms with Gasteiger partial charge in [0.15, 0.2) is 5.78 Å². The molecular formula is C18H20O4S. The van der Waals surface area contributed by atoms with Crippen LogP contribution >= 0.6 is 0 Å². The molecule has 0 spiro atoms. The second-order valence-corrected chi connectivity index (χ2v) is 7.94. The van der Waals surface area contributed by atoms with Crippen LogP contribution in [0.4, 0.5) is 0 Å². The summed E-state index contributed by atoms with van der Waals surface area (Å²) in [5.74, 6) is 0.140. The average molecular weight is 332 g/mol. The molecule has 0 saturated carbocycles. The number of rotatable bonds is 4. The first-order chi connectivity index (χ1) is 10.6. The van der Waals surface area contributed by atoms with E-state index in [4.69, 9.17) is 4.18 Å². The summed E-state index contributed by atoms with van der Waals surface area (Å²) in [6, 6.07) is 12.7. The van der Waals surface area contributed by atoms with Gasteiger partial charge in [-0.25, -0.2) is 0 Å². The van der Waals surface area contributed by atoms with Crippen LogP contribution in [0.15, 0.2) is 53.4 Å². The molecule has 0 bridgehead atoms. The molecule has 122 valence electrons. The van der Waals surface area contributed by atoms with Crippen molar-refractivity contribution in [2.45, 2.75) is 38.0 Å². The fraction of sp³-hybridized carbons (Fsp3) is 0.278. The number of carbonyl (C=O) groups excluding carboxylic acids is 1. The topological polar surface area (TPSA) is 60.4 Å². The average Bonchev–Trinajstić information content (AvgIpc) is 2.46. The molecule has 0 heterocycles. The summed E-state index contributed by atoms with van der Waals surface area (Å²) in [6.45, 7) is 7.67. The Kier molecular flexibility index (Phi) is 4.61. The summed E-state index contributed by atoms with van der Waals surface area (Å²) >= 11 is 0. The van der Waals surface area contributed by atoms with Crippen LogP contribution in [0.1, 0.15) is 43.6 Å². The molecule has 0 saturated heterocycles. The molecule has 0 atom stereocenters. The van der Waals surface area contributed by atoms with E-state index in [2.05, 4.69) is 20.8 Å². The SMILES string of the molecule is CC(=O)c1ccc(S(=O)(=O)Oc2ccc(C(C)(C)C)cc2)cc1. The quantitative estimate of drug-likeness (QED) is 0.628. The first-order valence-corrected chi connectivity index (χ1v) is 8.66. The number of ketones is 1. The van der Waals surface area contributed by atoms with E-state index in [-0.39, 0.29) is 21.8 Å². The smallest absolute Gasteiger partial charge is 0.339 e. The normalized spacial score (nSPS) is 12.0. The molecule has 4 nitrogen and oxygen atoms in total. The molecule has 0 aliphatic rings. The van der Waals surface area contributed by atoms with Crippen molar-refractivity contribution < 1.29 is 17.4 Å². The van der Waals surface area contributed by atoms with Crippen molar-refractivity contribution in [2.24, 2.45) is 0 Å². The second-order valence-electron chi connectivity index (χ2n) is 6.39. The number of carbonyl (C=O) groups is 1. The zero-order valence-corrected chi connectivity index (χ0v) is 14.5. The molecule has 23 heavy (non-hydrogen) atoms. The fourth-order valence-electron chi connectivity index (χ4n) is 2.04. The molecule has 0 aromatic heterocycles. The van der Waals surface area contributed by atoms with Crippen molar-refractivity contribution in [3.8, 4) is 5.75 Å². The molecule has 2 aromatic rings. The largest absolute Gasteiger partial charge is 0.379 e. The summed E-state index contributed by atoms with van der Waals surface area (Å²) in [7, 11) is -3.92.